The molecule has 0 aromatic heterocycles. The van der Waals surface area contributed by atoms with Crippen LogP contribution in [0, 0.1) is 5.82 Å². The predicted octanol–water partition coefficient (Wildman–Crippen LogP) is 3.84. The number of hydrogen-bond donors (Lipinski definition) is 0. The maximum Gasteiger partial charge on any atom is 0.264 e. The average molecular weight is 464 g/mol. The molecule has 2 aromatic rings. The zero-order valence-electron chi connectivity index (χ0n) is 19.0. The third-order valence-electron chi connectivity index (χ3n) is 5.91. The van der Waals surface area contributed by atoms with Crippen molar-refractivity contribution in [3.8, 4) is 5.75 Å². The van der Waals surface area contributed by atoms with Crippen molar-refractivity contribution >= 4 is 15.7 Å². The Labute approximate surface area is 191 Å². The highest BCUT2D eigenvalue weighted by molar-refractivity contribution is 7.92. The second kappa shape index (κ2) is 11.6. The maximum absolute atomic E-state index is 13.1. The standard InChI is InChI=1S/C24H34FN3O3S/c1-26-16-18-28(19-17-26)15-5-3-4-6-20-31-23-11-9-22(10-12-23)27(2)32(29,30)24-13-7-21(25)8-14-24/h7-14H,3-6,15-20H2,1-2H3. The fourth-order valence-corrected chi connectivity index (χ4v) is 4.90. The van der Waals surface area contributed by atoms with Gasteiger partial charge in [-0.05, 0) is 75.0 Å². The molecule has 0 aliphatic carbocycles. The lowest BCUT2D eigenvalue weighted by molar-refractivity contribution is 0.151. The van der Waals surface area contributed by atoms with Crippen LogP contribution in [0.3, 0.4) is 0 Å². The molecular formula is C24H34FN3O3S. The largest absolute Gasteiger partial charge is 0.494 e. The number of benzene rings is 2. The van der Waals surface area contributed by atoms with Crippen molar-refractivity contribution in [3.63, 3.8) is 0 Å². The fraction of sp³-hybridized carbons (Fsp3) is 0.500. The lowest BCUT2D eigenvalue weighted by atomic mass is 10.2. The van der Waals surface area contributed by atoms with Gasteiger partial charge in [0.15, 0.2) is 0 Å². The van der Waals surface area contributed by atoms with Crippen LogP contribution in [0.15, 0.2) is 53.4 Å². The molecular weight excluding hydrogens is 429 g/mol. The fourth-order valence-electron chi connectivity index (χ4n) is 3.71. The molecule has 0 saturated carbocycles. The minimum atomic E-state index is -3.74. The Morgan fingerprint density at radius 3 is 2.19 bits per heavy atom. The molecule has 0 amide bonds. The molecule has 0 atom stereocenters. The molecule has 1 heterocycles. The van der Waals surface area contributed by atoms with Gasteiger partial charge in [-0.15, -0.1) is 0 Å². The van der Waals surface area contributed by atoms with Crippen LogP contribution in [0.25, 0.3) is 0 Å². The van der Waals surface area contributed by atoms with Gasteiger partial charge in [-0.25, -0.2) is 12.8 Å². The van der Waals surface area contributed by atoms with Crippen molar-refractivity contribution < 1.29 is 17.5 Å². The lowest BCUT2D eigenvalue weighted by Gasteiger charge is -2.32. The van der Waals surface area contributed by atoms with Crippen LogP contribution in [0.1, 0.15) is 25.7 Å². The van der Waals surface area contributed by atoms with Crippen molar-refractivity contribution in [2.75, 3.05) is 57.7 Å². The van der Waals surface area contributed by atoms with Crippen LogP contribution in [-0.4, -0.2) is 71.6 Å². The molecule has 1 aliphatic heterocycles. The number of ether oxygens (including phenoxy) is 1. The third-order valence-corrected chi connectivity index (χ3v) is 7.71. The van der Waals surface area contributed by atoms with Gasteiger partial charge in [-0.2, -0.15) is 0 Å². The van der Waals surface area contributed by atoms with E-state index < -0.39 is 15.8 Å². The average Bonchev–Trinajstić information content (AvgIpc) is 2.80. The monoisotopic (exact) mass is 463 g/mol. The lowest BCUT2D eigenvalue weighted by Crippen LogP contribution is -2.44. The molecule has 0 N–H and O–H groups in total. The van der Waals surface area contributed by atoms with E-state index in [2.05, 4.69) is 16.8 Å². The summed E-state index contributed by atoms with van der Waals surface area (Å²) >= 11 is 0. The van der Waals surface area contributed by atoms with Crippen molar-refractivity contribution in [1.82, 2.24) is 9.80 Å². The van der Waals surface area contributed by atoms with Crippen LogP contribution in [0.5, 0.6) is 5.75 Å². The highest BCUT2D eigenvalue weighted by Crippen LogP contribution is 2.24. The van der Waals surface area contributed by atoms with Gasteiger partial charge >= 0.3 is 0 Å². The summed E-state index contributed by atoms with van der Waals surface area (Å²) in [7, 11) is -0.0800. The number of anilines is 1. The van der Waals surface area contributed by atoms with E-state index in [-0.39, 0.29) is 4.90 Å². The van der Waals surface area contributed by atoms with Crippen LogP contribution >= 0.6 is 0 Å². The van der Waals surface area contributed by atoms with Gasteiger partial charge in [0.1, 0.15) is 11.6 Å². The molecule has 8 heteroatoms. The first-order chi connectivity index (χ1) is 15.4. The predicted molar refractivity (Wildman–Crippen MR) is 126 cm³/mol. The molecule has 32 heavy (non-hydrogen) atoms. The summed E-state index contributed by atoms with van der Waals surface area (Å²) in [5, 5.41) is 0. The summed E-state index contributed by atoms with van der Waals surface area (Å²) in [4.78, 5) is 4.98. The van der Waals surface area contributed by atoms with Gasteiger partial charge in [0.25, 0.3) is 10.0 Å². The molecule has 0 radical (unpaired) electrons. The summed E-state index contributed by atoms with van der Waals surface area (Å²) in [6.07, 6.45) is 4.59. The number of rotatable bonds is 11. The number of hydrogen-bond acceptors (Lipinski definition) is 5. The number of nitrogens with zero attached hydrogens (tertiary/aromatic N) is 3. The second-order valence-electron chi connectivity index (χ2n) is 8.33. The highest BCUT2D eigenvalue weighted by Gasteiger charge is 2.21. The van der Waals surface area contributed by atoms with E-state index in [0.29, 0.717) is 12.3 Å². The van der Waals surface area contributed by atoms with E-state index in [9.17, 15) is 12.8 Å². The molecule has 176 valence electrons. The summed E-state index contributed by atoms with van der Waals surface area (Å²) in [5.74, 6) is 0.252. The zero-order chi connectivity index (χ0) is 23.0. The molecule has 3 rings (SSSR count). The zero-order valence-corrected chi connectivity index (χ0v) is 19.9. The number of likely N-dealkylation sites (N-methyl/N-ethyl adjacent to an activating group) is 1. The van der Waals surface area contributed by atoms with Gasteiger partial charge in [-0.1, -0.05) is 12.8 Å². The van der Waals surface area contributed by atoms with Crippen molar-refractivity contribution in [3.05, 3.63) is 54.3 Å². The first-order valence-electron chi connectivity index (χ1n) is 11.2. The van der Waals surface area contributed by atoms with E-state index in [1.54, 1.807) is 24.3 Å². The summed E-state index contributed by atoms with van der Waals surface area (Å²) in [5.41, 5.74) is 0.519. The van der Waals surface area contributed by atoms with E-state index in [4.69, 9.17) is 4.74 Å². The van der Waals surface area contributed by atoms with E-state index >= 15 is 0 Å². The van der Waals surface area contributed by atoms with E-state index in [0.717, 1.165) is 30.7 Å². The topological polar surface area (TPSA) is 53.1 Å². The van der Waals surface area contributed by atoms with Gasteiger partial charge in [0.05, 0.1) is 17.2 Å². The Hall–Kier alpha value is -2.16. The van der Waals surface area contributed by atoms with E-state index in [1.165, 1.54) is 69.1 Å². The minimum Gasteiger partial charge on any atom is -0.494 e. The first-order valence-corrected chi connectivity index (χ1v) is 12.7. The molecule has 6 nitrogen and oxygen atoms in total. The van der Waals surface area contributed by atoms with Crippen LogP contribution in [0.2, 0.25) is 0 Å². The third kappa shape index (κ3) is 6.92. The van der Waals surface area contributed by atoms with Gasteiger partial charge in [-0.3, -0.25) is 4.31 Å². The summed E-state index contributed by atoms with van der Waals surface area (Å²) in [6, 6.07) is 11.8. The molecule has 1 saturated heterocycles. The molecule has 1 fully saturated rings. The Kier molecular flexibility index (Phi) is 8.90. The summed E-state index contributed by atoms with van der Waals surface area (Å²) < 4.78 is 45.5. The van der Waals surface area contributed by atoms with Crippen molar-refractivity contribution in [1.29, 1.82) is 0 Å². The van der Waals surface area contributed by atoms with Gasteiger partial charge in [0.2, 0.25) is 0 Å². The number of sulfonamides is 1. The number of halogens is 1. The molecule has 2 aromatic carbocycles. The van der Waals surface area contributed by atoms with Crippen LogP contribution < -0.4 is 9.04 Å². The Balaban J connectivity index is 1.37. The quantitative estimate of drug-likeness (QED) is 0.474. The van der Waals surface area contributed by atoms with E-state index in [1.807, 2.05) is 0 Å². The van der Waals surface area contributed by atoms with Crippen molar-refractivity contribution in [2.45, 2.75) is 30.6 Å². The Bertz CT molecular complexity index is 928. The second-order valence-corrected chi connectivity index (χ2v) is 10.3. The SMILES string of the molecule is CN1CCN(CCCCCCOc2ccc(N(C)S(=O)(=O)c3ccc(F)cc3)cc2)CC1. The number of unbranched alkanes of at least 4 members (excludes halogenated alkanes) is 3. The molecule has 0 bridgehead atoms. The molecule has 1 aliphatic rings. The minimum absolute atomic E-state index is 0.0503. The van der Waals surface area contributed by atoms with Crippen molar-refractivity contribution in [2.24, 2.45) is 0 Å². The smallest absolute Gasteiger partial charge is 0.264 e. The first kappa shape index (κ1) is 24.5. The normalized spacial score (nSPS) is 15.6. The van der Waals surface area contributed by atoms with Crippen LogP contribution in [-0.2, 0) is 10.0 Å². The van der Waals surface area contributed by atoms with Gasteiger partial charge < -0.3 is 14.5 Å². The highest BCUT2D eigenvalue weighted by atomic mass is 32.2. The number of piperazine rings is 1. The Morgan fingerprint density at radius 1 is 0.906 bits per heavy atom. The van der Waals surface area contributed by atoms with Crippen LogP contribution in [0.4, 0.5) is 10.1 Å². The maximum atomic E-state index is 13.1. The molecule has 0 spiro atoms. The summed E-state index contributed by atoms with van der Waals surface area (Å²) in [6.45, 7) is 6.52. The van der Waals surface area contributed by atoms with Gasteiger partial charge in [0, 0.05) is 33.2 Å². The molecule has 0 unspecified atom stereocenters. The Morgan fingerprint density at radius 2 is 1.53 bits per heavy atom.